The molecule has 1 saturated carbocycles. The molecule has 1 N–H and O–H groups in total. The van der Waals surface area contributed by atoms with Gasteiger partial charge in [-0.15, -0.1) is 0 Å². The van der Waals surface area contributed by atoms with E-state index in [9.17, 15) is 4.79 Å². The van der Waals surface area contributed by atoms with Crippen LogP contribution in [0.3, 0.4) is 0 Å². The Balaban J connectivity index is 1.25. The van der Waals surface area contributed by atoms with Crippen LogP contribution in [0.2, 0.25) is 0 Å². The van der Waals surface area contributed by atoms with Gasteiger partial charge in [0.25, 0.3) is 0 Å². The van der Waals surface area contributed by atoms with E-state index in [0.29, 0.717) is 24.5 Å². The lowest BCUT2D eigenvalue weighted by Gasteiger charge is -2.40. The molecule has 2 aliphatic rings. The van der Waals surface area contributed by atoms with Gasteiger partial charge >= 0.3 is 0 Å². The lowest BCUT2D eigenvalue weighted by molar-refractivity contribution is -0.136. The van der Waals surface area contributed by atoms with Crippen molar-refractivity contribution in [1.29, 1.82) is 0 Å². The van der Waals surface area contributed by atoms with Gasteiger partial charge in [0.15, 0.2) is 0 Å². The van der Waals surface area contributed by atoms with Crippen molar-refractivity contribution in [2.75, 3.05) is 26.2 Å². The predicted molar refractivity (Wildman–Crippen MR) is 85.3 cm³/mol. The fraction of sp³-hybridized carbons (Fsp3) is 0.562. The van der Waals surface area contributed by atoms with Gasteiger partial charge in [-0.05, 0) is 43.0 Å². The largest absolute Gasteiger partial charge is 0.492 e. The Bertz CT molecular complexity index is 482. The molecule has 21 heavy (non-hydrogen) atoms. The van der Waals surface area contributed by atoms with Gasteiger partial charge in [-0.2, -0.15) is 0 Å². The fourth-order valence-electron chi connectivity index (χ4n) is 2.47. The smallest absolute Gasteiger partial charge is 0.222 e. The van der Waals surface area contributed by atoms with Crippen LogP contribution < -0.4 is 10.1 Å². The van der Waals surface area contributed by atoms with Gasteiger partial charge in [0.05, 0.1) is 0 Å². The number of halogens is 1. The number of likely N-dealkylation sites (tertiary alicyclic amines) is 1. The van der Waals surface area contributed by atoms with E-state index in [-0.39, 0.29) is 0 Å². The van der Waals surface area contributed by atoms with Crippen molar-refractivity contribution in [3.8, 4) is 5.75 Å². The molecule has 3 rings (SSSR count). The molecule has 0 radical (unpaired) electrons. The molecule has 5 heteroatoms. The van der Waals surface area contributed by atoms with Crippen molar-refractivity contribution in [2.45, 2.75) is 25.3 Å². The number of ether oxygens (including phenoxy) is 1. The Labute approximate surface area is 134 Å². The van der Waals surface area contributed by atoms with Gasteiger partial charge in [-0.25, -0.2) is 0 Å². The maximum atomic E-state index is 11.8. The van der Waals surface area contributed by atoms with Crippen LogP contribution in [0.4, 0.5) is 0 Å². The minimum Gasteiger partial charge on any atom is -0.492 e. The van der Waals surface area contributed by atoms with Crippen LogP contribution in [-0.4, -0.2) is 43.1 Å². The summed E-state index contributed by atoms with van der Waals surface area (Å²) in [4.78, 5) is 13.8. The number of hydrogen-bond acceptors (Lipinski definition) is 3. The predicted octanol–water partition coefficient (Wildman–Crippen LogP) is 2.43. The Morgan fingerprint density at radius 1 is 1.29 bits per heavy atom. The summed E-state index contributed by atoms with van der Waals surface area (Å²) in [5.41, 5.74) is 0. The zero-order chi connectivity index (χ0) is 14.7. The minimum atomic E-state index is 0.335. The Morgan fingerprint density at radius 2 is 2.00 bits per heavy atom. The monoisotopic (exact) mass is 352 g/mol. The van der Waals surface area contributed by atoms with E-state index in [2.05, 4.69) is 21.2 Å². The number of rotatable bonds is 7. The van der Waals surface area contributed by atoms with Crippen LogP contribution in [0.15, 0.2) is 28.7 Å². The van der Waals surface area contributed by atoms with E-state index in [1.54, 1.807) is 0 Å². The van der Waals surface area contributed by atoms with Gasteiger partial charge in [0, 0.05) is 36.6 Å². The average Bonchev–Trinajstić information content (AvgIpc) is 3.22. The number of carbonyl (C=O) groups is 1. The molecule has 0 unspecified atom stereocenters. The molecule has 1 aromatic rings. The van der Waals surface area contributed by atoms with E-state index in [1.165, 1.54) is 12.8 Å². The maximum absolute atomic E-state index is 11.8. The number of amides is 1. The number of nitrogens with zero attached hydrogens (tertiary/aromatic N) is 1. The van der Waals surface area contributed by atoms with Gasteiger partial charge in [0.2, 0.25) is 5.91 Å². The quantitative estimate of drug-likeness (QED) is 0.766. The van der Waals surface area contributed by atoms with Gasteiger partial charge in [-0.3, -0.25) is 4.79 Å². The maximum Gasteiger partial charge on any atom is 0.222 e. The van der Waals surface area contributed by atoms with Crippen molar-refractivity contribution in [1.82, 2.24) is 10.2 Å². The summed E-state index contributed by atoms with van der Waals surface area (Å²) in [6.07, 6.45) is 3.25. The summed E-state index contributed by atoms with van der Waals surface area (Å²) in [6, 6.07) is 8.27. The van der Waals surface area contributed by atoms with Crippen LogP contribution in [0.1, 0.15) is 19.3 Å². The zero-order valence-corrected chi connectivity index (χ0v) is 13.6. The van der Waals surface area contributed by atoms with Crippen molar-refractivity contribution >= 4 is 21.8 Å². The molecule has 2 fully saturated rings. The Hall–Kier alpha value is -1.07. The third kappa shape index (κ3) is 4.45. The van der Waals surface area contributed by atoms with Crippen LogP contribution in [-0.2, 0) is 4.79 Å². The Morgan fingerprint density at radius 3 is 2.67 bits per heavy atom. The van der Waals surface area contributed by atoms with E-state index >= 15 is 0 Å². The number of benzene rings is 1. The van der Waals surface area contributed by atoms with Gasteiger partial charge in [0.1, 0.15) is 12.4 Å². The van der Waals surface area contributed by atoms with Crippen LogP contribution in [0.25, 0.3) is 0 Å². The third-order valence-corrected chi connectivity index (χ3v) is 4.54. The SMILES string of the molecule is O=C(CC1CC1)N1CC(NCCOc2ccc(Br)cc2)C1. The van der Waals surface area contributed by atoms with E-state index in [1.807, 2.05) is 29.2 Å². The highest BCUT2D eigenvalue weighted by Gasteiger charge is 2.33. The summed E-state index contributed by atoms with van der Waals surface area (Å²) in [6.45, 7) is 3.16. The second kappa shape index (κ2) is 6.79. The fourth-order valence-corrected chi connectivity index (χ4v) is 2.74. The lowest BCUT2D eigenvalue weighted by Crippen LogP contribution is -2.60. The molecule has 1 aliphatic carbocycles. The highest BCUT2D eigenvalue weighted by atomic mass is 79.9. The first-order valence-corrected chi connectivity index (χ1v) is 8.39. The highest BCUT2D eigenvalue weighted by molar-refractivity contribution is 9.10. The minimum absolute atomic E-state index is 0.335. The second-order valence-electron chi connectivity index (χ2n) is 5.90. The molecule has 1 heterocycles. The number of carbonyl (C=O) groups excluding carboxylic acids is 1. The molecule has 0 aromatic heterocycles. The highest BCUT2D eigenvalue weighted by Crippen LogP contribution is 2.33. The summed E-state index contributed by atoms with van der Waals surface area (Å²) >= 11 is 3.40. The standard InChI is InChI=1S/C16H21BrN2O2/c17-13-3-5-15(6-4-13)21-8-7-18-14-10-19(11-14)16(20)9-12-1-2-12/h3-6,12,14,18H,1-2,7-11H2. The van der Waals surface area contributed by atoms with Crippen LogP contribution >= 0.6 is 15.9 Å². The number of nitrogens with one attached hydrogen (secondary N) is 1. The molecule has 4 nitrogen and oxygen atoms in total. The van der Waals surface area contributed by atoms with E-state index < -0.39 is 0 Å². The lowest BCUT2D eigenvalue weighted by atomic mass is 10.1. The molecular formula is C16H21BrN2O2. The zero-order valence-electron chi connectivity index (χ0n) is 12.1. The van der Waals surface area contributed by atoms with E-state index in [0.717, 1.165) is 36.3 Å². The molecular weight excluding hydrogens is 332 g/mol. The summed E-state index contributed by atoms with van der Waals surface area (Å²) in [7, 11) is 0. The average molecular weight is 353 g/mol. The first-order chi connectivity index (χ1) is 10.2. The van der Waals surface area contributed by atoms with Gasteiger partial charge < -0.3 is 15.0 Å². The first-order valence-electron chi connectivity index (χ1n) is 7.60. The molecule has 0 spiro atoms. The molecule has 0 bridgehead atoms. The molecule has 0 atom stereocenters. The first kappa shape index (κ1) is 14.9. The second-order valence-corrected chi connectivity index (χ2v) is 6.82. The van der Waals surface area contributed by atoms with Crippen molar-refractivity contribution in [3.63, 3.8) is 0 Å². The normalized spacial score (nSPS) is 18.4. The van der Waals surface area contributed by atoms with Crippen molar-refractivity contribution in [3.05, 3.63) is 28.7 Å². The summed E-state index contributed by atoms with van der Waals surface area (Å²) in [5.74, 6) is 1.90. The molecule has 1 amide bonds. The van der Waals surface area contributed by atoms with Crippen LogP contribution in [0.5, 0.6) is 5.75 Å². The van der Waals surface area contributed by atoms with Crippen LogP contribution in [0, 0.1) is 5.92 Å². The van der Waals surface area contributed by atoms with E-state index in [4.69, 9.17) is 4.74 Å². The molecule has 1 saturated heterocycles. The molecule has 1 aromatic carbocycles. The number of hydrogen-bond donors (Lipinski definition) is 1. The Kier molecular flexibility index (Phi) is 4.80. The molecule has 1 aliphatic heterocycles. The van der Waals surface area contributed by atoms with Gasteiger partial charge in [-0.1, -0.05) is 15.9 Å². The summed E-state index contributed by atoms with van der Waals surface area (Å²) in [5, 5.41) is 3.43. The topological polar surface area (TPSA) is 41.6 Å². The van der Waals surface area contributed by atoms with Crippen molar-refractivity contribution in [2.24, 2.45) is 5.92 Å². The molecule has 114 valence electrons. The van der Waals surface area contributed by atoms with Crippen molar-refractivity contribution < 1.29 is 9.53 Å². The summed E-state index contributed by atoms with van der Waals surface area (Å²) < 4.78 is 6.71. The third-order valence-electron chi connectivity index (χ3n) is 4.01.